The van der Waals surface area contributed by atoms with E-state index in [0.29, 0.717) is 10.2 Å². The van der Waals surface area contributed by atoms with Crippen molar-refractivity contribution in [1.29, 1.82) is 0 Å². The van der Waals surface area contributed by atoms with E-state index in [9.17, 15) is 14.7 Å². The molecule has 0 aliphatic rings. The van der Waals surface area contributed by atoms with E-state index in [2.05, 4.69) is 21.2 Å². The van der Waals surface area contributed by atoms with E-state index in [1.54, 1.807) is 0 Å². The van der Waals surface area contributed by atoms with Gasteiger partial charge >= 0.3 is 5.97 Å². The molecule has 1 rings (SSSR count). The van der Waals surface area contributed by atoms with Crippen molar-refractivity contribution in [3.05, 3.63) is 22.2 Å². The molecule has 0 radical (unpaired) electrons. The molecule has 0 fully saturated rings. The Morgan fingerprint density at radius 3 is 2.47 bits per heavy atom. The lowest BCUT2D eigenvalue weighted by Gasteiger charge is -2.07. The van der Waals surface area contributed by atoms with Crippen molar-refractivity contribution >= 4 is 33.5 Å². The van der Waals surface area contributed by atoms with Crippen molar-refractivity contribution in [3.8, 4) is 5.75 Å². The molecule has 0 heterocycles. The predicted octanol–water partition coefficient (Wildman–Crippen LogP) is 1.81. The number of anilines is 1. The highest BCUT2D eigenvalue weighted by Crippen LogP contribution is 2.30. The lowest BCUT2D eigenvalue weighted by molar-refractivity contribution is -0.114. The minimum atomic E-state index is -1.23. The maximum absolute atomic E-state index is 10.8. The number of carboxylic acid groups (broad SMARTS) is 1. The Hall–Kier alpha value is -1.56. The second-order valence-electron chi connectivity index (χ2n) is 2.84. The number of carboxylic acids is 1. The van der Waals surface area contributed by atoms with Crippen LogP contribution in [-0.4, -0.2) is 22.1 Å². The fourth-order valence-corrected chi connectivity index (χ4v) is 1.46. The zero-order valence-corrected chi connectivity index (χ0v) is 9.33. The Balaban J connectivity index is 3.19. The Morgan fingerprint density at radius 1 is 1.40 bits per heavy atom. The van der Waals surface area contributed by atoms with Crippen LogP contribution < -0.4 is 5.32 Å². The molecule has 3 N–H and O–H groups in total. The van der Waals surface area contributed by atoms with Crippen molar-refractivity contribution in [3.63, 3.8) is 0 Å². The van der Waals surface area contributed by atoms with E-state index in [4.69, 9.17) is 5.11 Å². The number of benzene rings is 1. The molecule has 0 spiro atoms. The zero-order valence-electron chi connectivity index (χ0n) is 7.74. The Bertz CT molecular complexity index is 430. The number of amides is 1. The van der Waals surface area contributed by atoms with Gasteiger partial charge in [0, 0.05) is 17.5 Å². The normalized spacial score (nSPS) is 9.73. The van der Waals surface area contributed by atoms with Gasteiger partial charge in [-0.15, -0.1) is 0 Å². The molecule has 0 aliphatic carbocycles. The first-order valence-electron chi connectivity index (χ1n) is 3.95. The summed E-state index contributed by atoms with van der Waals surface area (Å²) in [5.74, 6) is -1.93. The van der Waals surface area contributed by atoms with Gasteiger partial charge in [0.2, 0.25) is 5.91 Å². The number of phenols is 1. The van der Waals surface area contributed by atoms with Gasteiger partial charge in [0.25, 0.3) is 0 Å². The van der Waals surface area contributed by atoms with Gasteiger partial charge in [-0.25, -0.2) is 4.79 Å². The first kappa shape index (κ1) is 11.5. The number of aromatic hydroxyl groups is 1. The highest BCUT2D eigenvalue weighted by atomic mass is 79.9. The number of hydrogen-bond acceptors (Lipinski definition) is 3. The van der Waals surface area contributed by atoms with Gasteiger partial charge in [0.1, 0.15) is 11.3 Å². The predicted molar refractivity (Wildman–Crippen MR) is 57.1 cm³/mol. The number of carbonyl (C=O) groups excluding carboxylic acids is 1. The van der Waals surface area contributed by atoms with Gasteiger partial charge in [0.15, 0.2) is 0 Å². The molecule has 0 aromatic heterocycles. The molecule has 1 aromatic rings. The summed E-state index contributed by atoms with van der Waals surface area (Å²) in [6.07, 6.45) is 0. The summed E-state index contributed by atoms with van der Waals surface area (Å²) in [6, 6.07) is 2.40. The smallest absolute Gasteiger partial charge is 0.339 e. The second-order valence-corrected chi connectivity index (χ2v) is 3.69. The molecule has 0 saturated carbocycles. The fraction of sp³-hybridized carbons (Fsp3) is 0.111. The standard InChI is InChI=1S/C9H8BrNO4/c1-4(12)11-7-3-8(13)5(9(14)15)2-6(7)10/h2-3,13H,1H3,(H,11,12)(H,14,15). The second kappa shape index (κ2) is 4.31. The highest BCUT2D eigenvalue weighted by Gasteiger charge is 2.13. The van der Waals surface area contributed by atoms with Gasteiger partial charge < -0.3 is 15.5 Å². The first-order valence-corrected chi connectivity index (χ1v) is 4.74. The molecule has 0 atom stereocenters. The minimum Gasteiger partial charge on any atom is -0.507 e. The quantitative estimate of drug-likeness (QED) is 0.767. The molecule has 5 nitrogen and oxygen atoms in total. The van der Waals surface area contributed by atoms with Crippen LogP contribution in [0.3, 0.4) is 0 Å². The zero-order chi connectivity index (χ0) is 11.6. The van der Waals surface area contributed by atoms with E-state index in [-0.39, 0.29) is 11.5 Å². The maximum Gasteiger partial charge on any atom is 0.339 e. The summed E-state index contributed by atoms with van der Waals surface area (Å²) in [5.41, 5.74) is 0.0981. The van der Waals surface area contributed by atoms with E-state index in [0.717, 1.165) is 0 Å². The van der Waals surface area contributed by atoms with Crippen LogP contribution in [0.5, 0.6) is 5.75 Å². The average Bonchev–Trinajstić information content (AvgIpc) is 2.09. The van der Waals surface area contributed by atoms with Gasteiger partial charge in [-0.05, 0) is 22.0 Å². The number of carbonyl (C=O) groups is 2. The van der Waals surface area contributed by atoms with Crippen molar-refractivity contribution in [2.45, 2.75) is 6.92 Å². The molecule has 6 heteroatoms. The third-order valence-corrected chi connectivity index (χ3v) is 2.28. The largest absolute Gasteiger partial charge is 0.507 e. The van der Waals surface area contributed by atoms with Crippen LogP contribution in [0.15, 0.2) is 16.6 Å². The molecule has 0 aliphatic heterocycles. The van der Waals surface area contributed by atoms with Gasteiger partial charge in [-0.2, -0.15) is 0 Å². The summed E-state index contributed by atoms with van der Waals surface area (Å²) < 4.78 is 0.396. The van der Waals surface area contributed by atoms with Crippen molar-refractivity contribution in [2.75, 3.05) is 5.32 Å². The SMILES string of the molecule is CC(=O)Nc1cc(O)c(C(=O)O)cc1Br. The van der Waals surface area contributed by atoms with Crippen molar-refractivity contribution < 1.29 is 19.8 Å². The molecule has 0 saturated heterocycles. The fourth-order valence-electron chi connectivity index (χ4n) is 1.02. The minimum absolute atomic E-state index is 0.226. The Labute approximate surface area is 93.9 Å². The van der Waals surface area contributed by atoms with Crippen LogP contribution in [0.2, 0.25) is 0 Å². The summed E-state index contributed by atoms with van der Waals surface area (Å²) in [4.78, 5) is 21.4. The molecule has 1 aromatic carbocycles. The topological polar surface area (TPSA) is 86.6 Å². The number of nitrogens with one attached hydrogen (secondary N) is 1. The third-order valence-electron chi connectivity index (χ3n) is 1.63. The summed E-state index contributed by atoms with van der Waals surface area (Å²) >= 11 is 3.09. The molecule has 80 valence electrons. The van der Waals surface area contributed by atoms with Crippen LogP contribution in [-0.2, 0) is 4.79 Å². The van der Waals surface area contributed by atoms with E-state index < -0.39 is 11.7 Å². The van der Waals surface area contributed by atoms with Crippen LogP contribution in [0.4, 0.5) is 5.69 Å². The first-order chi connectivity index (χ1) is 6.91. The van der Waals surface area contributed by atoms with Crippen LogP contribution in [0, 0.1) is 0 Å². The monoisotopic (exact) mass is 273 g/mol. The molecular weight excluding hydrogens is 266 g/mol. The summed E-state index contributed by atoms with van der Waals surface area (Å²) in [6.45, 7) is 1.31. The molecule has 15 heavy (non-hydrogen) atoms. The van der Waals surface area contributed by atoms with Crippen molar-refractivity contribution in [2.24, 2.45) is 0 Å². The number of rotatable bonds is 2. The summed E-state index contributed by atoms with van der Waals surface area (Å²) in [5, 5.41) is 20.5. The van der Waals surface area contributed by atoms with Gasteiger partial charge in [-0.1, -0.05) is 0 Å². The number of hydrogen-bond donors (Lipinski definition) is 3. The molecule has 1 amide bonds. The number of aromatic carboxylic acids is 1. The van der Waals surface area contributed by atoms with Crippen LogP contribution >= 0.6 is 15.9 Å². The summed E-state index contributed by atoms with van der Waals surface area (Å²) in [7, 11) is 0. The Morgan fingerprint density at radius 2 is 2.00 bits per heavy atom. The van der Waals surface area contributed by atoms with Gasteiger partial charge in [0.05, 0.1) is 5.69 Å². The van der Waals surface area contributed by atoms with Crippen molar-refractivity contribution in [1.82, 2.24) is 0 Å². The maximum atomic E-state index is 10.8. The molecular formula is C9H8BrNO4. The molecule has 0 bridgehead atoms. The lowest BCUT2D eigenvalue weighted by atomic mass is 10.2. The van der Waals surface area contributed by atoms with Crippen LogP contribution in [0.1, 0.15) is 17.3 Å². The molecule has 0 unspecified atom stereocenters. The lowest BCUT2D eigenvalue weighted by Crippen LogP contribution is -2.07. The average molecular weight is 274 g/mol. The van der Waals surface area contributed by atoms with E-state index in [1.807, 2.05) is 0 Å². The third kappa shape index (κ3) is 2.69. The van der Waals surface area contributed by atoms with E-state index >= 15 is 0 Å². The van der Waals surface area contributed by atoms with Gasteiger partial charge in [-0.3, -0.25) is 4.79 Å². The highest BCUT2D eigenvalue weighted by molar-refractivity contribution is 9.10. The van der Waals surface area contributed by atoms with E-state index in [1.165, 1.54) is 19.1 Å². The van der Waals surface area contributed by atoms with Crippen LogP contribution in [0.25, 0.3) is 0 Å². The number of halogens is 1. The Kier molecular flexibility index (Phi) is 3.31.